The first-order chi connectivity index (χ1) is 19.0. The van der Waals surface area contributed by atoms with Crippen LogP contribution in [0.5, 0.6) is 0 Å². The van der Waals surface area contributed by atoms with Crippen LogP contribution in [0.15, 0.2) is 24.3 Å². The maximum atomic E-state index is 10.2. The molecule has 0 saturated heterocycles. The van der Waals surface area contributed by atoms with Crippen LogP contribution < -0.4 is 0 Å². The van der Waals surface area contributed by atoms with Gasteiger partial charge in [0.05, 0.1) is 19.4 Å². The molecular formula is C26H49NaO14S. The molecule has 0 atom stereocenters. The van der Waals surface area contributed by atoms with Crippen molar-refractivity contribution < 1.29 is 67.0 Å². The van der Waals surface area contributed by atoms with E-state index in [1.54, 1.807) is 0 Å². The SMILES string of the molecule is C=C(CC(=O)O)C(=O)O.C=C(CC(=O)O)C(=O)O.CCCCCCCCCCCCOS(=O)(=O)O.OCCCCO.[NaH]. The third-order valence-corrected chi connectivity index (χ3v) is 5.10. The van der Waals surface area contributed by atoms with E-state index in [9.17, 15) is 27.6 Å². The van der Waals surface area contributed by atoms with Gasteiger partial charge in [-0.1, -0.05) is 77.9 Å². The average molecular weight is 641 g/mol. The summed E-state index contributed by atoms with van der Waals surface area (Å²) >= 11 is 0. The molecule has 0 unspecified atom stereocenters. The van der Waals surface area contributed by atoms with E-state index < -0.39 is 47.1 Å². The summed E-state index contributed by atoms with van der Waals surface area (Å²) in [6, 6.07) is 0. The van der Waals surface area contributed by atoms with Gasteiger partial charge >= 0.3 is 63.8 Å². The summed E-state index contributed by atoms with van der Waals surface area (Å²) in [6.45, 7) is 8.73. The number of hydrogen-bond donors (Lipinski definition) is 7. The Kier molecular flexibility index (Phi) is 41.9. The topological polar surface area (TPSA) is 253 Å². The number of carboxylic acid groups (broad SMARTS) is 4. The summed E-state index contributed by atoms with van der Waals surface area (Å²) in [4.78, 5) is 39.3. The number of rotatable bonds is 21. The average Bonchev–Trinajstić information content (AvgIpc) is 2.85. The zero-order chi connectivity index (χ0) is 32.7. The van der Waals surface area contributed by atoms with Crippen molar-refractivity contribution in [3.63, 3.8) is 0 Å². The van der Waals surface area contributed by atoms with Gasteiger partial charge in [-0.3, -0.25) is 14.1 Å². The summed E-state index contributed by atoms with van der Waals surface area (Å²) in [6.07, 6.45) is 12.3. The molecule has 0 aliphatic heterocycles. The van der Waals surface area contributed by atoms with Crippen LogP contribution in [0.4, 0.5) is 0 Å². The second kappa shape index (κ2) is 35.3. The van der Waals surface area contributed by atoms with Crippen LogP contribution in [0.25, 0.3) is 0 Å². The predicted octanol–water partition coefficient (Wildman–Crippen LogP) is 3.03. The first-order valence-electron chi connectivity index (χ1n) is 13.1. The van der Waals surface area contributed by atoms with E-state index in [0.29, 0.717) is 6.42 Å². The first-order valence-corrected chi connectivity index (χ1v) is 14.5. The minimum atomic E-state index is -4.23. The second-order valence-electron chi connectivity index (χ2n) is 8.54. The Morgan fingerprint density at radius 2 is 0.929 bits per heavy atom. The van der Waals surface area contributed by atoms with E-state index >= 15 is 0 Å². The van der Waals surface area contributed by atoms with Crippen molar-refractivity contribution in [2.45, 2.75) is 96.8 Å². The molecule has 0 fully saturated rings. The number of hydrogen-bond acceptors (Lipinski definition) is 9. The van der Waals surface area contributed by atoms with E-state index in [4.69, 9.17) is 35.2 Å². The Morgan fingerprint density at radius 3 is 1.14 bits per heavy atom. The van der Waals surface area contributed by atoms with Gasteiger partial charge in [0.25, 0.3) is 0 Å². The van der Waals surface area contributed by atoms with Gasteiger partial charge in [0.15, 0.2) is 0 Å². The summed E-state index contributed by atoms with van der Waals surface area (Å²) < 4.78 is 33.0. The van der Waals surface area contributed by atoms with Crippen LogP contribution >= 0.6 is 0 Å². The number of carbonyl (C=O) groups is 4. The molecule has 42 heavy (non-hydrogen) atoms. The van der Waals surface area contributed by atoms with Gasteiger partial charge in [-0.25, -0.2) is 13.8 Å². The van der Waals surface area contributed by atoms with E-state index in [2.05, 4.69) is 24.3 Å². The number of aliphatic hydroxyl groups is 2. The summed E-state index contributed by atoms with van der Waals surface area (Å²) in [7, 11) is -4.23. The van der Waals surface area contributed by atoms with Crippen molar-refractivity contribution in [3.05, 3.63) is 24.3 Å². The molecule has 0 saturated carbocycles. The molecule has 244 valence electrons. The van der Waals surface area contributed by atoms with Gasteiger partial charge in [0.1, 0.15) is 0 Å². The minimum absolute atomic E-state index is 0. The molecule has 0 bridgehead atoms. The Balaban J connectivity index is -0.000000156. The van der Waals surface area contributed by atoms with Crippen LogP contribution in [-0.2, 0) is 33.8 Å². The Bertz CT molecular complexity index is 802. The van der Waals surface area contributed by atoms with E-state index in [1.165, 1.54) is 44.9 Å². The molecule has 0 radical (unpaired) electrons. The fraction of sp³-hybridized carbons (Fsp3) is 0.692. The van der Waals surface area contributed by atoms with Crippen LogP contribution in [0.3, 0.4) is 0 Å². The number of unbranched alkanes of at least 4 members (excludes halogenated alkanes) is 10. The molecule has 7 N–H and O–H groups in total. The van der Waals surface area contributed by atoms with Gasteiger partial charge < -0.3 is 30.6 Å². The van der Waals surface area contributed by atoms with Crippen molar-refractivity contribution in [1.29, 1.82) is 0 Å². The molecule has 0 aliphatic carbocycles. The number of aliphatic hydroxyl groups excluding tert-OH is 2. The van der Waals surface area contributed by atoms with Gasteiger partial charge in [-0.15, -0.1) is 0 Å². The fourth-order valence-electron chi connectivity index (χ4n) is 2.49. The molecule has 0 heterocycles. The van der Waals surface area contributed by atoms with Gasteiger partial charge in [0.2, 0.25) is 0 Å². The molecule has 14 nitrogen and oxygen atoms in total. The van der Waals surface area contributed by atoms with Gasteiger partial charge in [-0.05, 0) is 19.3 Å². The maximum absolute atomic E-state index is 10.2. The molecule has 0 rings (SSSR count). The van der Waals surface area contributed by atoms with Gasteiger partial charge in [0, 0.05) is 24.4 Å². The molecule has 0 aromatic heterocycles. The standard InChI is InChI=1S/C12H26O4S.2C5H6O4.C4H10O2.Na.H/c1-2-3-4-5-6-7-8-9-10-11-12-16-17(13,14)15;2*1-3(5(8)9)2-4(6)7;5-3-1-2-4-6;;/h2-12H2,1H3,(H,13,14,15);2*1-2H2,(H,6,7)(H,8,9);5-6H,1-4H2;;. The predicted molar refractivity (Wildman–Crippen MR) is 158 cm³/mol. The summed E-state index contributed by atoms with van der Waals surface area (Å²) in [5.74, 6) is -4.89. The Morgan fingerprint density at radius 1 is 0.619 bits per heavy atom. The van der Waals surface area contributed by atoms with Crippen molar-refractivity contribution in [1.82, 2.24) is 0 Å². The van der Waals surface area contributed by atoms with Crippen LogP contribution in [0.1, 0.15) is 96.8 Å². The summed E-state index contributed by atoms with van der Waals surface area (Å²) in [5.41, 5.74) is -0.606. The Labute approximate surface area is 270 Å². The van der Waals surface area contributed by atoms with Crippen LogP contribution in [-0.4, -0.2) is 117 Å². The number of carboxylic acids is 4. The van der Waals surface area contributed by atoms with Crippen LogP contribution in [0.2, 0.25) is 0 Å². The number of aliphatic carboxylic acids is 4. The van der Waals surface area contributed by atoms with Crippen molar-refractivity contribution in [2.24, 2.45) is 0 Å². The van der Waals surface area contributed by atoms with E-state index in [-0.39, 0.29) is 60.5 Å². The third-order valence-electron chi connectivity index (χ3n) is 4.63. The van der Waals surface area contributed by atoms with Crippen molar-refractivity contribution >= 4 is 63.8 Å². The van der Waals surface area contributed by atoms with Crippen molar-refractivity contribution in [2.75, 3.05) is 19.8 Å². The summed E-state index contributed by atoms with van der Waals surface area (Å²) in [5, 5.41) is 48.3. The van der Waals surface area contributed by atoms with Crippen molar-refractivity contribution in [3.8, 4) is 0 Å². The second-order valence-corrected chi connectivity index (χ2v) is 9.64. The quantitative estimate of drug-likeness (QED) is 0.0412. The molecule has 0 aliphatic rings. The fourth-order valence-corrected chi connectivity index (χ4v) is 2.82. The van der Waals surface area contributed by atoms with E-state index in [1.807, 2.05) is 0 Å². The molecule has 0 aromatic rings. The third kappa shape index (κ3) is 54.3. The van der Waals surface area contributed by atoms with Gasteiger partial charge in [-0.2, -0.15) is 8.42 Å². The zero-order valence-corrected chi connectivity index (χ0v) is 24.6. The Hall–Kier alpha value is -1.85. The first kappa shape index (κ1) is 49.8. The molecule has 16 heteroatoms. The molecule has 0 amide bonds. The van der Waals surface area contributed by atoms with E-state index in [0.717, 1.165) is 25.7 Å². The molecule has 0 spiro atoms. The molecule has 0 aromatic carbocycles. The van der Waals surface area contributed by atoms with Crippen LogP contribution in [0, 0.1) is 0 Å². The normalized spacial score (nSPS) is 9.71. The zero-order valence-electron chi connectivity index (χ0n) is 23.8. The molecular weight excluding hydrogens is 591 g/mol. The monoisotopic (exact) mass is 640 g/mol.